The number of nitrogens with zero attached hydrogens (tertiary/aromatic N) is 1. The number of pyridine rings is 1. The van der Waals surface area contributed by atoms with Gasteiger partial charge in [-0.1, -0.05) is 13.0 Å². The van der Waals surface area contributed by atoms with Crippen molar-refractivity contribution in [3.05, 3.63) is 28.6 Å². The second kappa shape index (κ2) is 2.98. The molecule has 1 aliphatic heterocycles. The van der Waals surface area contributed by atoms with Gasteiger partial charge in [-0.2, -0.15) is 0 Å². The van der Waals surface area contributed by atoms with Crippen LogP contribution in [-0.2, 0) is 6.54 Å². The summed E-state index contributed by atoms with van der Waals surface area (Å²) in [5.41, 5.74) is 0.131. The minimum atomic E-state index is 0.131. The zero-order valence-corrected chi connectivity index (χ0v) is 7.80. The largest absolute Gasteiger partial charge is 0.303 e. The predicted molar refractivity (Wildman–Crippen MR) is 50.6 cm³/mol. The molecule has 0 amide bonds. The van der Waals surface area contributed by atoms with Crippen LogP contribution in [0, 0.1) is 5.92 Å². The molecule has 2 nitrogen and oxygen atoms in total. The van der Waals surface area contributed by atoms with Crippen molar-refractivity contribution in [1.82, 2.24) is 4.57 Å². The summed E-state index contributed by atoms with van der Waals surface area (Å²) in [5, 5.41) is 1.11. The molecule has 64 valence electrons. The Labute approximate surface area is 75.6 Å². The average molecular weight is 181 g/mol. The summed E-state index contributed by atoms with van der Waals surface area (Å²) in [6.45, 7) is 3.05. The van der Waals surface area contributed by atoms with Crippen LogP contribution in [0.3, 0.4) is 0 Å². The Hall–Kier alpha value is -0.700. The molecule has 12 heavy (non-hydrogen) atoms. The first-order chi connectivity index (χ1) is 5.77. The summed E-state index contributed by atoms with van der Waals surface area (Å²) in [5.74, 6) is 1.74. The van der Waals surface area contributed by atoms with Crippen LogP contribution in [-0.4, -0.2) is 10.3 Å². The van der Waals surface area contributed by atoms with E-state index in [1.807, 2.05) is 16.7 Å². The average Bonchev–Trinajstić information content (AvgIpc) is 2.07. The van der Waals surface area contributed by atoms with Crippen molar-refractivity contribution in [2.24, 2.45) is 5.92 Å². The lowest BCUT2D eigenvalue weighted by atomic mass is 10.2. The predicted octanol–water partition coefficient (Wildman–Crippen LogP) is 1.59. The van der Waals surface area contributed by atoms with Crippen LogP contribution < -0.4 is 5.56 Å². The smallest absolute Gasteiger partial charge is 0.251 e. The molecule has 0 saturated heterocycles. The lowest BCUT2D eigenvalue weighted by Crippen LogP contribution is -2.27. The zero-order valence-electron chi connectivity index (χ0n) is 6.99. The molecular formula is C9H11NOS. The Balaban J connectivity index is 2.50. The van der Waals surface area contributed by atoms with E-state index in [2.05, 4.69) is 6.92 Å². The van der Waals surface area contributed by atoms with Gasteiger partial charge in [-0.3, -0.25) is 4.79 Å². The van der Waals surface area contributed by atoms with Gasteiger partial charge >= 0.3 is 0 Å². The number of rotatable bonds is 0. The zero-order chi connectivity index (χ0) is 8.55. The first kappa shape index (κ1) is 7.92. The first-order valence-electron chi connectivity index (χ1n) is 4.10. The van der Waals surface area contributed by atoms with Crippen LogP contribution in [0.15, 0.2) is 28.0 Å². The molecule has 0 N–H and O–H groups in total. The Kier molecular flexibility index (Phi) is 1.97. The Morgan fingerprint density at radius 3 is 3.25 bits per heavy atom. The Bertz CT molecular complexity index is 345. The second-order valence-corrected chi connectivity index (χ2v) is 4.27. The van der Waals surface area contributed by atoms with Crippen molar-refractivity contribution in [1.29, 1.82) is 0 Å². The molecule has 3 heteroatoms. The number of thioether (sulfide) groups is 1. The molecule has 0 aliphatic carbocycles. The maximum atomic E-state index is 11.4. The third kappa shape index (κ3) is 1.29. The Morgan fingerprint density at radius 2 is 2.42 bits per heavy atom. The van der Waals surface area contributed by atoms with Crippen molar-refractivity contribution in [2.75, 3.05) is 5.75 Å². The van der Waals surface area contributed by atoms with E-state index in [1.54, 1.807) is 17.8 Å². The summed E-state index contributed by atoms with van der Waals surface area (Å²) in [7, 11) is 0. The van der Waals surface area contributed by atoms with Gasteiger partial charge < -0.3 is 4.57 Å². The van der Waals surface area contributed by atoms with E-state index in [0.717, 1.165) is 17.3 Å². The molecule has 0 bridgehead atoms. The number of hydrogen-bond acceptors (Lipinski definition) is 2. The molecule has 0 fully saturated rings. The normalized spacial score (nSPS) is 21.9. The van der Waals surface area contributed by atoms with Gasteiger partial charge in [-0.15, -0.1) is 11.8 Å². The molecule has 1 aromatic rings. The highest BCUT2D eigenvalue weighted by Gasteiger charge is 2.14. The molecule has 1 aromatic heterocycles. The molecule has 0 saturated carbocycles. The van der Waals surface area contributed by atoms with Gasteiger partial charge in [0.1, 0.15) is 0 Å². The summed E-state index contributed by atoms with van der Waals surface area (Å²) in [6.07, 6.45) is 0. The van der Waals surface area contributed by atoms with Crippen LogP contribution in [0.5, 0.6) is 0 Å². The highest BCUT2D eigenvalue weighted by Crippen LogP contribution is 2.25. The standard InChI is InChI=1S/C9H11NOS/c1-7-5-10-8(11)3-2-4-9(10)12-6-7/h2-4,7H,5-6H2,1H3. The molecule has 1 unspecified atom stereocenters. The van der Waals surface area contributed by atoms with Gasteiger partial charge in [0.2, 0.25) is 0 Å². The Morgan fingerprint density at radius 1 is 1.58 bits per heavy atom. The van der Waals surface area contributed by atoms with Gasteiger partial charge in [0.05, 0.1) is 5.03 Å². The molecular weight excluding hydrogens is 170 g/mol. The van der Waals surface area contributed by atoms with Crippen LogP contribution in [0.4, 0.5) is 0 Å². The van der Waals surface area contributed by atoms with E-state index >= 15 is 0 Å². The van der Waals surface area contributed by atoms with E-state index < -0.39 is 0 Å². The van der Waals surface area contributed by atoms with Gasteiger partial charge in [0.15, 0.2) is 0 Å². The fourth-order valence-corrected chi connectivity index (χ4v) is 2.46. The maximum Gasteiger partial charge on any atom is 0.251 e. The van der Waals surface area contributed by atoms with E-state index in [1.165, 1.54) is 0 Å². The molecule has 0 radical (unpaired) electrons. The van der Waals surface area contributed by atoms with E-state index in [-0.39, 0.29) is 5.56 Å². The highest BCUT2D eigenvalue weighted by molar-refractivity contribution is 7.99. The summed E-state index contributed by atoms with van der Waals surface area (Å²) in [6, 6.07) is 5.47. The SMILES string of the molecule is CC1CSc2cccc(=O)n2C1. The summed E-state index contributed by atoms with van der Waals surface area (Å²) in [4.78, 5) is 11.4. The molecule has 1 atom stereocenters. The molecule has 2 heterocycles. The molecule has 1 aliphatic rings. The first-order valence-corrected chi connectivity index (χ1v) is 5.08. The van der Waals surface area contributed by atoms with Gasteiger partial charge in [0.25, 0.3) is 5.56 Å². The minimum absolute atomic E-state index is 0.131. The third-order valence-electron chi connectivity index (χ3n) is 2.02. The summed E-state index contributed by atoms with van der Waals surface area (Å²) >= 11 is 1.77. The van der Waals surface area contributed by atoms with Crippen LogP contribution >= 0.6 is 11.8 Å². The summed E-state index contributed by atoms with van der Waals surface area (Å²) < 4.78 is 1.86. The lowest BCUT2D eigenvalue weighted by Gasteiger charge is -2.22. The topological polar surface area (TPSA) is 22.0 Å². The fourth-order valence-electron chi connectivity index (χ4n) is 1.40. The van der Waals surface area contributed by atoms with E-state index in [4.69, 9.17) is 0 Å². The van der Waals surface area contributed by atoms with Crippen molar-refractivity contribution in [3.8, 4) is 0 Å². The lowest BCUT2D eigenvalue weighted by molar-refractivity contribution is 0.474. The third-order valence-corrected chi connectivity index (χ3v) is 3.41. The number of fused-ring (bicyclic) bond motifs is 1. The molecule has 2 rings (SSSR count). The van der Waals surface area contributed by atoms with Gasteiger partial charge in [-0.05, 0) is 12.0 Å². The quantitative estimate of drug-likeness (QED) is 0.606. The van der Waals surface area contributed by atoms with Crippen molar-refractivity contribution in [3.63, 3.8) is 0 Å². The van der Waals surface area contributed by atoms with Gasteiger partial charge in [-0.25, -0.2) is 0 Å². The molecule has 0 aromatic carbocycles. The second-order valence-electron chi connectivity index (χ2n) is 3.23. The van der Waals surface area contributed by atoms with Crippen LogP contribution in [0.25, 0.3) is 0 Å². The van der Waals surface area contributed by atoms with E-state index in [0.29, 0.717) is 5.92 Å². The fraction of sp³-hybridized carbons (Fsp3) is 0.444. The highest BCUT2D eigenvalue weighted by atomic mass is 32.2. The van der Waals surface area contributed by atoms with Crippen molar-refractivity contribution >= 4 is 11.8 Å². The van der Waals surface area contributed by atoms with Crippen molar-refractivity contribution in [2.45, 2.75) is 18.5 Å². The minimum Gasteiger partial charge on any atom is -0.303 e. The monoisotopic (exact) mass is 181 g/mol. The van der Waals surface area contributed by atoms with Gasteiger partial charge in [0, 0.05) is 18.4 Å². The molecule has 0 spiro atoms. The van der Waals surface area contributed by atoms with Crippen molar-refractivity contribution < 1.29 is 0 Å². The number of hydrogen-bond donors (Lipinski definition) is 0. The van der Waals surface area contributed by atoms with Crippen LogP contribution in [0.1, 0.15) is 6.92 Å². The van der Waals surface area contributed by atoms with Crippen LogP contribution in [0.2, 0.25) is 0 Å². The maximum absolute atomic E-state index is 11.4. The number of aromatic nitrogens is 1. The van der Waals surface area contributed by atoms with E-state index in [9.17, 15) is 4.79 Å².